The molecule has 0 aliphatic carbocycles. The van der Waals surface area contributed by atoms with Crippen LogP contribution >= 0.6 is 0 Å². The molecule has 0 radical (unpaired) electrons. The number of hydrogen-bond acceptors (Lipinski definition) is 5. The average molecular weight is 380 g/mol. The van der Waals surface area contributed by atoms with Gasteiger partial charge in [-0.3, -0.25) is 0 Å². The van der Waals surface area contributed by atoms with Crippen LogP contribution in [0.4, 0.5) is 26.3 Å². The van der Waals surface area contributed by atoms with Crippen molar-refractivity contribution in [1.82, 2.24) is 29.1 Å². The van der Waals surface area contributed by atoms with Crippen LogP contribution in [0.15, 0.2) is 18.5 Å². The Morgan fingerprint density at radius 1 is 1.08 bits per heavy atom. The number of aromatic nitrogens is 6. The van der Waals surface area contributed by atoms with Gasteiger partial charge in [0, 0.05) is 18.5 Å². The third kappa shape index (κ3) is 3.41. The standard InChI is InChI=1S/C13H10F6N6O/c1-2-26-8-5-7(6-24-4-3-20-10(24)13(17,18)19)21-11-22-9(12(14,15)16)23-25(8)11/h3-5H,2,6H2,1H3. The number of fused-ring (bicyclic) bond motifs is 1. The fourth-order valence-electron chi connectivity index (χ4n) is 2.21. The van der Waals surface area contributed by atoms with Crippen molar-refractivity contribution in [2.24, 2.45) is 0 Å². The number of nitrogens with zero attached hydrogens (tertiary/aromatic N) is 6. The minimum absolute atomic E-state index is 0.00516. The van der Waals surface area contributed by atoms with E-state index < -0.39 is 29.8 Å². The van der Waals surface area contributed by atoms with Crippen LogP contribution in [0.25, 0.3) is 5.78 Å². The fraction of sp³-hybridized carbons (Fsp3) is 0.385. The van der Waals surface area contributed by atoms with E-state index in [0.717, 1.165) is 21.5 Å². The van der Waals surface area contributed by atoms with Crippen molar-refractivity contribution in [1.29, 1.82) is 0 Å². The summed E-state index contributed by atoms with van der Waals surface area (Å²) in [6.07, 6.45) is -7.44. The molecule has 3 aromatic heterocycles. The normalized spacial score (nSPS) is 12.7. The van der Waals surface area contributed by atoms with Gasteiger partial charge in [-0.15, -0.1) is 5.10 Å². The molecule has 0 aliphatic rings. The van der Waals surface area contributed by atoms with Gasteiger partial charge in [0.1, 0.15) is 0 Å². The van der Waals surface area contributed by atoms with Crippen LogP contribution in [0.1, 0.15) is 24.3 Å². The Hall–Kier alpha value is -2.86. The van der Waals surface area contributed by atoms with E-state index in [4.69, 9.17) is 4.74 Å². The van der Waals surface area contributed by atoms with Crippen molar-refractivity contribution < 1.29 is 31.1 Å². The zero-order valence-electron chi connectivity index (χ0n) is 13.0. The van der Waals surface area contributed by atoms with Gasteiger partial charge < -0.3 is 9.30 Å². The lowest BCUT2D eigenvalue weighted by atomic mass is 10.4. The summed E-state index contributed by atoms with van der Waals surface area (Å²) >= 11 is 0. The molecule has 26 heavy (non-hydrogen) atoms. The molecule has 0 aliphatic heterocycles. The summed E-state index contributed by atoms with van der Waals surface area (Å²) in [7, 11) is 0. The molecule has 3 rings (SSSR count). The van der Waals surface area contributed by atoms with Gasteiger partial charge in [-0.25, -0.2) is 9.97 Å². The van der Waals surface area contributed by atoms with Crippen LogP contribution in [-0.2, 0) is 18.9 Å². The Bertz CT molecular complexity index is 927. The van der Waals surface area contributed by atoms with Crippen molar-refractivity contribution in [2.75, 3.05) is 6.61 Å². The highest BCUT2D eigenvalue weighted by Crippen LogP contribution is 2.29. The number of halogens is 6. The molecule has 0 fully saturated rings. The van der Waals surface area contributed by atoms with Crippen molar-refractivity contribution in [3.05, 3.63) is 35.8 Å². The second kappa shape index (κ2) is 6.14. The second-order valence-electron chi connectivity index (χ2n) is 5.04. The maximum absolute atomic E-state index is 12.9. The van der Waals surface area contributed by atoms with Gasteiger partial charge in [-0.2, -0.15) is 35.8 Å². The first-order chi connectivity index (χ1) is 12.1. The first-order valence-electron chi connectivity index (χ1n) is 7.14. The average Bonchev–Trinajstić information content (AvgIpc) is 3.13. The predicted octanol–water partition coefficient (Wildman–Crippen LogP) is 2.81. The molecule has 7 nitrogen and oxygen atoms in total. The first kappa shape index (κ1) is 17.9. The Labute approximate surface area is 141 Å². The molecular formula is C13H10F6N6O. The van der Waals surface area contributed by atoms with E-state index in [1.807, 2.05) is 0 Å². The minimum atomic E-state index is -4.80. The van der Waals surface area contributed by atoms with E-state index in [2.05, 4.69) is 20.1 Å². The Morgan fingerprint density at radius 2 is 1.81 bits per heavy atom. The van der Waals surface area contributed by atoms with E-state index in [0.29, 0.717) is 0 Å². The largest absolute Gasteiger partial charge is 0.478 e. The predicted molar refractivity (Wildman–Crippen MR) is 73.3 cm³/mol. The second-order valence-corrected chi connectivity index (χ2v) is 5.04. The van der Waals surface area contributed by atoms with Gasteiger partial charge in [-0.05, 0) is 6.92 Å². The van der Waals surface area contributed by atoms with Crippen molar-refractivity contribution in [3.63, 3.8) is 0 Å². The molecule has 0 aromatic carbocycles. The van der Waals surface area contributed by atoms with Gasteiger partial charge in [0.25, 0.3) is 11.6 Å². The summed E-state index contributed by atoms with van der Waals surface area (Å²) in [5.74, 6) is -3.15. The monoisotopic (exact) mass is 380 g/mol. The van der Waals surface area contributed by atoms with Crippen LogP contribution in [-0.4, -0.2) is 35.7 Å². The Morgan fingerprint density at radius 3 is 2.42 bits per heavy atom. The molecule has 140 valence electrons. The smallest absolute Gasteiger partial charge is 0.453 e. The molecule has 3 aromatic rings. The van der Waals surface area contributed by atoms with Crippen molar-refractivity contribution in [3.8, 4) is 5.88 Å². The lowest BCUT2D eigenvalue weighted by Gasteiger charge is -2.11. The van der Waals surface area contributed by atoms with Crippen LogP contribution in [0, 0.1) is 0 Å². The summed E-state index contributed by atoms with van der Waals surface area (Å²) < 4.78 is 83.8. The molecule has 0 saturated carbocycles. The summed E-state index contributed by atoms with van der Waals surface area (Å²) in [5, 5.41) is 3.29. The minimum Gasteiger partial charge on any atom is -0.478 e. The molecule has 0 spiro atoms. The number of imidazole rings is 1. The number of rotatable bonds is 4. The molecule has 0 N–H and O–H groups in total. The van der Waals surface area contributed by atoms with Crippen LogP contribution < -0.4 is 4.74 Å². The highest BCUT2D eigenvalue weighted by molar-refractivity contribution is 5.35. The van der Waals surface area contributed by atoms with Crippen LogP contribution in [0.5, 0.6) is 5.88 Å². The van der Waals surface area contributed by atoms with Gasteiger partial charge in [0.05, 0.1) is 18.8 Å². The quantitative estimate of drug-likeness (QED) is 0.651. The molecule has 0 atom stereocenters. The summed E-state index contributed by atoms with van der Waals surface area (Å²) in [4.78, 5) is 10.4. The fourth-order valence-corrected chi connectivity index (χ4v) is 2.21. The third-order valence-corrected chi connectivity index (χ3v) is 3.18. The zero-order valence-corrected chi connectivity index (χ0v) is 13.0. The number of ether oxygens (including phenoxy) is 1. The van der Waals surface area contributed by atoms with E-state index in [-0.39, 0.29) is 24.7 Å². The third-order valence-electron chi connectivity index (χ3n) is 3.18. The molecule has 0 saturated heterocycles. The molecule has 13 heteroatoms. The first-order valence-corrected chi connectivity index (χ1v) is 7.14. The number of alkyl halides is 6. The molecule has 0 unspecified atom stereocenters. The topological polar surface area (TPSA) is 70.1 Å². The SMILES string of the molecule is CCOc1cc(Cn2ccnc2C(F)(F)F)nc2nc(C(F)(F)F)nn12. The molecule has 3 heterocycles. The summed E-state index contributed by atoms with van der Waals surface area (Å²) in [6, 6.07) is 1.20. The number of hydrogen-bond donors (Lipinski definition) is 0. The lowest BCUT2D eigenvalue weighted by Crippen LogP contribution is -2.16. The maximum atomic E-state index is 12.9. The van der Waals surface area contributed by atoms with E-state index >= 15 is 0 Å². The molecular weight excluding hydrogens is 370 g/mol. The highest BCUT2D eigenvalue weighted by Gasteiger charge is 2.38. The summed E-state index contributed by atoms with van der Waals surface area (Å²) in [6.45, 7) is 1.30. The zero-order chi connectivity index (χ0) is 19.1. The Balaban J connectivity index is 2.06. The van der Waals surface area contributed by atoms with E-state index in [1.54, 1.807) is 6.92 Å². The van der Waals surface area contributed by atoms with Gasteiger partial charge >= 0.3 is 12.4 Å². The van der Waals surface area contributed by atoms with Crippen LogP contribution in [0.2, 0.25) is 0 Å². The molecule has 0 bridgehead atoms. The molecule has 0 amide bonds. The maximum Gasteiger partial charge on any atom is 0.453 e. The van der Waals surface area contributed by atoms with E-state index in [9.17, 15) is 26.3 Å². The van der Waals surface area contributed by atoms with Crippen molar-refractivity contribution >= 4 is 5.78 Å². The van der Waals surface area contributed by atoms with Crippen molar-refractivity contribution in [2.45, 2.75) is 25.8 Å². The highest BCUT2D eigenvalue weighted by atomic mass is 19.4. The summed E-state index contributed by atoms with van der Waals surface area (Å²) in [5.41, 5.74) is 0.00516. The van der Waals surface area contributed by atoms with Gasteiger partial charge in [0.15, 0.2) is 0 Å². The lowest BCUT2D eigenvalue weighted by molar-refractivity contribution is -0.147. The van der Waals surface area contributed by atoms with Crippen LogP contribution in [0.3, 0.4) is 0 Å². The van der Waals surface area contributed by atoms with Gasteiger partial charge in [-0.1, -0.05) is 0 Å². The van der Waals surface area contributed by atoms with Gasteiger partial charge in [0.2, 0.25) is 11.7 Å². The Kier molecular flexibility index (Phi) is 4.24. The van der Waals surface area contributed by atoms with E-state index in [1.165, 1.54) is 6.07 Å².